The van der Waals surface area contributed by atoms with Gasteiger partial charge >= 0.3 is 0 Å². The van der Waals surface area contributed by atoms with E-state index in [1.54, 1.807) is 0 Å². The van der Waals surface area contributed by atoms with Crippen LogP contribution in [0.3, 0.4) is 0 Å². The van der Waals surface area contributed by atoms with Crippen molar-refractivity contribution in [3.63, 3.8) is 0 Å². The largest absolute Gasteiger partial charge is 0.493 e. The number of ether oxygens (including phenoxy) is 1. The molecule has 13 heavy (non-hydrogen) atoms. The van der Waals surface area contributed by atoms with Crippen molar-refractivity contribution in [1.82, 2.24) is 0 Å². The van der Waals surface area contributed by atoms with E-state index in [4.69, 9.17) is 16.3 Å². The van der Waals surface area contributed by atoms with Gasteiger partial charge in [0.05, 0.1) is 18.6 Å². The Morgan fingerprint density at radius 2 is 2.15 bits per heavy atom. The van der Waals surface area contributed by atoms with Gasteiger partial charge in [-0.15, -0.1) is 0 Å². The molecule has 4 heteroatoms. The highest BCUT2D eigenvalue weighted by Gasteiger charge is 2.37. The van der Waals surface area contributed by atoms with Crippen LogP contribution in [0.5, 0.6) is 5.75 Å². The van der Waals surface area contributed by atoms with Crippen LogP contribution < -0.4 is 4.74 Å². The Morgan fingerprint density at radius 3 is 2.92 bits per heavy atom. The standard InChI is InChI=1S/C9H7ClF2O/c10-6-1-2-7-8(5-6)13-4-3-9(7,11)12/h1-2,5H,3-4H2. The molecule has 0 aromatic heterocycles. The molecule has 0 aliphatic carbocycles. The zero-order valence-electron chi connectivity index (χ0n) is 6.69. The summed E-state index contributed by atoms with van der Waals surface area (Å²) in [6.45, 7) is 0.0420. The van der Waals surface area contributed by atoms with Crippen molar-refractivity contribution in [2.45, 2.75) is 12.3 Å². The summed E-state index contributed by atoms with van der Waals surface area (Å²) in [6, 6.07) is 4.18. The molecule has 1 aromatic rings. The normalized spacial score (nSPS) is 19.0. The van der Waals surface area contributed by atoms with Gasteiger partial charge in [0.25, 0.3) is 5.92 Å². The molecule has 1 aromatic carbocycles. The highest BCUT2D eigenvalue weighted by atomic mass is 35.5. The molecule has 0 fully saturated rings. The maximum atomic E-state index is 13.2. The van der Waals surface area contributed by atoms with E-state index in [1.807, 2.05) is 0 Å². The van der Waals surface area contributed by atoms with Gasteiger partial charge in [0, 0.05) is 5.02 Å². The van der Waals surface area contributed by atoms with Crippen molar-refractivity contribution >= 4 is 11.6 Å². The van der Waals surface area contributed by atoms with Gasteiger partial charge < -0.3 is 4.74 Å². The molecular weight excluding hydrogens is 198 g/mol. The number of rotatable bonds is 0. The second-order valence-electron chi connectivity index (χ2n) is 2.94. The molecule has 0 saturated heterocycles. The summed E-state index contributed by atoms with van der Waals surface area (Å²) in [7, 11) is 0. The maximum Gasteiger partial charge on any atom is 0.280 e. The van der Waals surface area contributed by atoms with Crippen molar-refractivity contribution in [2.75, 3.05) is 6.61 Å². The van der Waals surface area contributed by atoms with Crippen LogP contribution in [0.4, 0.5) is 8.78 Å². The minimum Gasteiger partial charge on any atom is -0.493 e. The van der Waals surface area contributed by atoms with Crippen molar-refractivity contribution in [2.24, 2.45) is 0 Å². The van der Waals surface area contributed by atoms with E-state index in [2.05, 4.69) is 0 Å². The van der Waals surface area contributed by atoms with Gasteiger partial charge in [-0.25, -0.2) is 8.78 Å². The highest BCUT2D eigenvalue weighted by molar-refractivity contribution is 6.30. The molecule has 0 atom stereocenters. The van der Waals surface area contributed by atoms with Gasteiger partial charge in [-0.1, -0.05) is 11.6 Å². The quantitative estimate of drug-likeness (QED) is 0.631. The average Bonchev–Trinajstić information content (AvgIpc) is 2.02. The molecule has 70 valence electrons. The number of fused-ring (bicyclic) bond motifs is 1. The summed E-state index contributed by atoms with van der Waals surface area (Å²) in [5.41, 5.74) is -0.0665. The third-order valence-electron chi connectivity index (χ3n) is 2.01. The predicted octanol–water partition coefficient (Wildman–Crippen LogP) is 3.21. The summed E-state index contributed by atoms with van der Waals surface area (Å²) in [5, 5.41) is 0.413. The Bertz CT molecular complexity index is 338. The van der Waals surface area contributed by atoms with Crippen molar-refractivity contribution < 1.29 is 13.5 Å². The van der Waals surface area contributed by atoms with Gasteiger partial charge in [0.1, 0.15) is 5.75 Å². The lowest BCUT2D eigenvalue weighted by Crippen LogP contribution is -2.23. The molecule has 0 N–H and O–H groups in total. The van der Waals surface area contributed by atoms with Crippen LogP contribution in [0, 0.1) is 0 Å². The van der Waals surface area contributed by atoms with Crippen LogP contribution >= 0.6 is 11.6 Å². The Kier molecular flexibility index (Phi) is 1.91. The second-order valence-corrected chi connectivity index (χ2v) is 3.38. The van der Waals surface area contributed by atoms with Crippen LogP contribution in [-0.4, -0.2) is 6.61 Å². The fourth-order valence-corrected chi connectivity index (χ4v) is 1.50. The lowest BCUT2D eigenvalue weighted by molar-refractivity contribution is -0.0404. The van der Waals surface area contributed by atoms with Gasteiger partial charge in [0.2, 0.25) is 0 Å². The lowest BCUT2D eigenvalue weighted by atomic mass is 10.0. The SMILES string of the molecule is FC1(F)CCOc2cc(Cl)ccc21. The van der Waals surface area contributed by atoms with Gasteiger partial charge in [0.15, 0.2) is 0 Å². The summed E-state index contributed by atoms with van der Waals surface area (Å²) in [4.78, 5) is 0. The zero-order chi connectivity index (χ0) is 9.47. The Hall–Kier alpha value is -0.830. The smallest absolute Gasteiger partial charge is 0.280 e. The third-order valence-corrected chi connectivity index (χ3v) is 2.25. The first-order chi connectivity index (χ1) is 6.09. The van der Waals surface area contributed by atoms with E-state index >= 15 is 0 Å². The molecule has 2 rings (SSSR count). The molecule has 0 unspecified atom stereocenters. The van der Waals surface area contributed by atoms with Crippen LogP contribution in [-0.2, 0) is 5.92 Å². The van der Waals surface area contributed by atoms with Crippen molar-refractivity contribution in [1.29, 1.82) is 0 Å². The first-order valence-corrected chi connectivity index (χ1v) is 4.28. The van der Waals surface area contributed by atoms with Crippen LogP contribution in [0.1, 0.15) is 12.0 Å². The molecule has 1 heterocycles. The number of halogens is 3. The zero-order valence-corrected chi connectivity index (χ0v) is 7.44. The van der Waals surface area contributed by atoms with E-state index in [0.29, 0.717) is 5.02 Å². The summed E-state index contributed by atoms with van der Waals surface area (Å²) in [6.07, 6.45) is -0.262. The summed E-state index contributed by atoms with van der Waals surface area (Å²) < 4.78 is 31.5. The lowest BCUT2D eigenvalue weighted by Gasteiger charge is -2.25. The fourth-order valence-electron chi connectivity index (χ4n) is 1.34. The molecule has 0 bridgehead atoms. The second kappa shape index (κ2) is 2.84. The molecular formula is C9H7ClF2O. The monoisotopic (exact) mass is 204 g/mol. The fraction of sp³-hybridized carbons (Fsp3) is 0.333. The minimum atomic E-state index is -2.78. The molecule has 0 spiro atoms. The summed E-state index contributed by atoms with van der Waals surface area (Å²) in [5.74, 6) is -2.58. The Balaban J connectivity index is 2.53. The van der Waals surface area contributed by atoms with E-state index in [0.717, 1.165) is 0 Å². The number of hydrogen-bond donors (Lipinski definition) is 0. The van der Waals surface area contributed by atoms with Gasteiger partial charge in [-0.05, 0) is 18.2 Å². The van der Waals surface area contributed by atoms with Crippen molar-refractivity contribution in [3.8, 4) is 5.75 Å². The molecule has 0 radical (unpaired) electrons. The minimum absolute atomic E-state index is 0.0420. The third kappa shape index (κ3) is 1.48. The van der Waals surface area contributed by atoms with Gasteiger partial charge in [-0.3, -0.25) is 0 Å². The van der Waals surface area contributed by atoms with Crippen LogP contribution in [0.2, 0.25) is 5.02 Å². The van der Waals surface area contributed by atoms with Gasteiger partial charge in [-0.2, -0.15) is 0 Å². The Labute approximate surface area is 79.3 Å². The van der Waals surface area contributed by atoms with Crippen LogP contribution in [0.15, 0.2) is 18.2 Å². The number of benzene rings is 1. The molecule has 0 amide bonds. The topological polar surface area (TPSA) is 9.23 Å². The van der Waals surface area contributed by atoms with E-state index < -0.39 is 5.92 Å². The molecule has 0 saturated carbocycles. The van der Waals surface area contributed by atoms with E-state index in [9.17, 15) is 8.78 Å². The first-order valence-electron chi connectivity index (χ1n) is 3.90. The summed E-state index contributed by atoms with van der Waals surface area (Å²) >= 11 is 5.64. The van der Waals surface area contributed by atoms with Crippen molar-refractivity contribution in [3.05, 3.63) is 28.8 Å². The maximum absolute atomic E-state index is 13.2. The van der Waals surface area contributed by atoms with E-state index in [-0.39, 0.29) is 24.3 Å². The predicted molar refractivity (Wildman–Crippen MR) is 45.5 cm³/mol. The number of hydrogen-bond acceptors (Lipinski definition) is 1. The average molecular weight is 205 g/mol. The molecule has 1 nitrogen and oxygen atoms in total. The van der Waals surface area contributed by atoms with E-state index in [1.165, 1.54) is 18.2 Å². The highest BCUT2D eigenvalue weighted by Crippen LogP contribution is 2.41. The Morgan fingerprint density at radius 1 is 1.38 bits per heavy atom. The first kappa shape index (κ1) is 8.75. The molecule has 1 aliphatic heterocycles. The molecule has 1 aliphatic rings. The van der Waals surface area contributed by atoms with Crippen LogP contribution in [0.25, 0.3) is 0 Å². The number of alkyl halides is 2.